The van der Waals surface area contributed by atoms with Gasteiger partial charge in [0.2, 0.25) is 5.91 Å². The summed E-state index contributed by atoms with van der Waals surface area (Å²) in [5.74, 6) is 0.555. The van der Waals surface area contributed by atoms with Gasteiger partial charge >= 0.3 is 0 Å². The summed E-state index contributed by atoms with van der Waals surface area (Å²) < 4.78 is 2.17. The van der Waals surface area contributed by atoms with E-state index in [1.54, 1.807) is 0 Å². The summed E-state index contributed by atoms with van der Waals surface area (Å²) in [6, 6.07) is 15.9. The van der Waals surface area contributed by atoms with Crippen molar-refractivity contribution in [3.63, 3.8) is 0 Å². The van der Waals surface area contributed by atoms with Crippen molar-refractivity contribution in [1.29, 1.82) is 5.41 Å². The Bertz CT molecular complexity index is 1130. The molecule has 1 aliphatic heterocycles. The number of hydrogen-bond donors (Lipinski definition) is 2. The van der Waals surface area contributed by atoms with Gasteiger partial charge in [-0.15, -0.1) is 0 Å². The van der Waals surface area contributed by atoms with Crippen molar-refractivity contribution in [2.24, 2.45) is 11.7 Å². The van der Waals surface area contributed by atoms with Crippen LogP contribution in [0.4, 0.5) is 0 Å². The Hall–Kier alpha value is -3.41. The number of imidazole rings is 1. The molecule has 3 aromatic rings. The highest BCUT2D eigenvalue weighted by molar-refractivity contribution is 6.08. The molecule has 2 heterocycles. The molecule has 1 fully saturated rings. The number of likely N-dealkylation sites (tertiary alicyclic amines) is 1. The number of nitrogens with zero attached hydrogens (tertiary/aromatic N) is 3. The molecule has 1 aromatic heterocycles. The minimum absolute atomic E-state index is 0.162. The standard InChI is InChI=1S/C25H29N5O/c1-25(2)12-19(16-30(25)24(31)10-18-6-4-3-5-7-18)15-29-17-28-22-11-20(8-9-23(22)29)21(13-26)14-27/h3-9,11,13-14,17,19,26H,10,12,15-16,27H2,1-2H3/b21-14+,26-13?. The van der Waals surface area contributed by atoms with E-state index in [-0.39, 0.29) is 11.4 Å². The number of benzene rings is 2. The molecule has 4 rings (SSSR count). The predicted octanol–water partition coefficient (Wildman–Crippen LogP) is 3.86. The molecule has 0 saturated carbocycles. The Balaban J connectivity index is 1.49. The average Bonchev–Trinajstić information content (AvgIpc) is 3.29. The van der Waals surface area contributed by atoms with Crippen LogP contribution in [0.15, 0.2) is 61.1 Å². The van der Waals surface area contributed by atoms with Crippen LogP contribution >= 0.6 is 0 Å². The van der Waals surface area contributed by atoms with Crippen molar-refractivity contribution in [3.8, 4) is 0 Å². The number of nitrogens with one attached hydrogen (secondary N) is 1. The maximum atomic E-state index is 13.0. The Kier molecular flexibility index (Phi) is 5.63. The van der Waals surface area contributed by atoms with Gasteiger partial charge in [-0.05, 0) is 49.4 Å². The van der Waals surface area contributed by atoms with Crippen LogP contribution in [-0.2, 0) is 17.8 Å². The molecule has 0 spiro atoms. The van der Waals surface area contributed by atoms with Crippen LogP contribution in [0.2, 0.25) is 0 Å². The van der Waals surface area contributed by atoms with Crippen molar-refractivity contribution >= 4 is 28.7 Å². The summed E-state index contributed by atoms with van der Waals surface area (Å²) in [5.41, 5.74) is 9.99. The first kappa shape index (κ1) is 20.8. The van der Waals surface area contributed by atoms with Crippen LogP contribution in [0.1, 0.15) is 31.4 Å². The fourth-order valence-corrected chi connectivity index (χ4v) is 4.71. The zero-order chi connectivity index (χ0) is 22.0. The van der Waals surface area contributed by atoms with E-state index in [0.717, 1.165) is 41.7 Å². The van der Waals surface area contributed by atoms with Crippen LogP contribution in [0, 0.1) is 11.3 Å². The molecular weight excluding hydrogens is 386 g/mol. The molecule has 0 bridgehead atoms. The quantitative estimate of drug-likeness (QED) is 0.599. The van der Waals surface area contributed by atoms with Gasteiger partial charge in [0.15, 0.2) is 0 Å². The van der Waals surface area contributed by atoms with Crippen molar-refractivity contribution in [2.75, 3.05) is 6.54 Å². The van der Waals surface area contributed by atoms with E-state index >= 15 is 0 Å². The molecular formula is C25H29N5O. The molecule has 2 aromatic carbocycles. The second kappa shape index (κ2) is 8.38. The third-order valence-corrected chi connectivity index (χ3v) is 6.20. The molecule has 1 atom stereocenters. The maximum Gasteiger partial charge on any atom is 0.227 e. The number of rotatable bonds is 6. The first-order valence-corrected chi connectivity index (χ1v) is 10.6. The van der Waals surface area contributed by atoms with Crippen molar-refractivity contribution in [2.45, 2.75) is 38.8 Å². The van der Waals surface area contributed by atoms with Crippen molar-refractivity contribution < 1.29 is 4.79 Å². The number of carbonyl (C=O) groups excluding carboxylic acids is 1. The van der Waals surface area contributed by atoms with E-state index in [9.17, 15) is 4.79 Å². The van der Waals surface area contributed by atoms with Gasteiger partial charge in [0.05, 0.1) is 23.8 Å². The molecule has 0 aliphatic carbocycles. The number of nitrogens with two attached hydrogens (primary N) is 1. The highest BCUT2D eigenvalue weighted by Crippen LogP contribution is 2.34. The fraction of sp³-hybridized carbons (Fsp3) is 0.320. The summed E-state index contributed by atoms with van der Waals surface area (Å²) >= 11 is 0. The highest BCUT2D eigenvalue weighted by Gasteiger charge is 2.40. The van der Waals surface area contributed by atoms with Crippen LogP contribution in [0.5, 0.6) is 0 Å². The lowest BCUT2D eigenvalue weighted by Gasteiger charge is -2.31. The zero-order valence-corrected chi connectivity index (χ0v) is 18.1. The topological polar surface area (TPSA) is 88.0 Å². The first-order chi connectivity index (χ1) is 14.9. The normalized spacial score (nSPS) is 18.5. The lowest BCUT2D eigenvalue weighted by molar-refractivity contribution is -0.133. The molecule has 0 radical (unpaired) electrons. The Morgan fingerprint density at radius 1 is 1.26 bits per heavy atom. The second-order valence-corrected chi connectivity index (χ2v) is 8.92. The highest BCUT2D eigenvalue weighted by atomic mass is 16.2. The number of allylic oxidation sites excluding steroid dienone is 1. The third-order valence-electron chi connectivity index (χ3n) is 6.20. The monoisotopic (exact) mass is 415 g/mol. The molecule has 6 nitrogen and oxygen atoms in total. The molecule has 3 N–H and O–H groups in total. The maximum absolute atomic E-state index is 13.0. The van der Waals surface area contributed by atoms with E-state index in [0.29, 0.717) is 17.9 Å². The summed E-state index contributed by atoms with van der Waals surface area (Å²) in [7, 11) is 0. The number of carbonyl (C=O) groups is 1. The van der Waals surface area contributed by atoms with Gasteiger partial charge in [0, 0.05) is 36.6 Å². The molecule has 1 unspecified atom stereocenters. The molecule has 1 aliphatic rings. The lowest BCUT2D eigenvalue weighted by Crippen LogP contribution is -2.43. The average molecular weight is 416 g/mol. The van der Waals surface area contributed by atoms with E-state index < -0.39 is 0 Å². The molecule has 1 amide bonds. The minimum atomic E-state index is -0.162. The first-order valence-electron chi connectivity index (χ1n) is 10.6. The van der Waals surface area contributed by atoms with Crippen LogP contribution in [0.25, 0.3) is 16.6 Å². The van der Waals surface area contributed by atoms with E-state index in [1.165, 1.54) is 12.4 Å². The van der Waals surface area contributed by atoms with Gasteiger partial charge in [-0.1, -0.05) is 36.4 Å². The molecule has 31 heavy (non-hydrogen) atoms. The lowest BCUT2D eigenvalue weighted by atomic mass is 9.96. The second-order valence-electron chi connectivity index (χ2n) is 8.92. The number of fused-ring (bicyclic) bond motifs is 1. The van der Waals surface area contributed by atoms with Crippen LogP contribution in [-0.4, -0.2) is 38.7 Å². The summed E-state index contributed by atoms with van der Waals surface area (Å²) in [4.78, 5) is 19.6. The third kappa shape index (κ3) is 4.24. The summed E-state index contributed by atoms with van der Waals surface area (Å²) in [6.45, 7) is 5.89. The molecule has 6 heteroatoms. The fourth-order valence-electron chi connectivity index (χ4n) is 4.71. The van der Waals surface area contributed by atoms with Gasteiger partial charge in [0.25, 0.3) is 0 Å². The Morgan fingerprint density at radius 2 is 2.03 bits per heavy atom. The van der Waals surface area contributed by atoms with E-state index in [2.05, 4.69) is 23.4 Å². The largest absolute Gasteiger partial charge is 0.404 e. The Morgan fingerprint density at radius 3 is 2.74 bits per heavy atom. The van der Waals surface area contributed by atoms with E-state index in [1.807, 2.05) is 59.8 Å². The minimum Gasteiger partial charge on any atom is -0.404 e. The zero-order valence-electron chi connectivity index (χ0n) is 18.1. The van der Waals surface area contributed by atoms with Gasteiger partial charge in [-0.2, -0.15) is 0 Å². The molecule has 160 valence electrons. The predicted molar refractivity (Wildman–Crippen MR) is 125 cm³/mol. The Labute approximate surface area is 182 Å². The van der Waals surface area contributed by atoms with Crippen molar-refractivity contribution in [3.05, 3.63) is 72.2 Å². The number of amides is 1. The number of hydrogen-bond acceptors (Lipinski definition) is 4. The van der Waals surface area contributed by atoms with Gasteiger partial charge in [0.1, 0.15) is 0 Å². The van der Waals surface area contributed by atoms with Crippen molar-refractivity contribution in [1.82, 2.24) is 14.5 Å². The number of aromatic nitrogens is 2. The van der Waals surface area contributed by atoms with Gasteiger partial charge in [-0.3, -0.25) is 4.79 Å². The summed E-state index contributed by atoms with van der Waals surface area (Å²) in [5, 5.41) is 7.49. The molecule has 1 saturated heterocycles. The summed E-state index contributed by atoms with van der Waals surface area (Å²) in [6.07, 6.45) is 5.95. The smallest absolute Gasteiger partial charge is 0.227 e. The van der Waals surface area contributed by atoms with Crippen LogP contribution in [0.3, 0.4) is 0 Å². The van der Waals surface area contributed by atoms with E-state index in [4.69, 9.17) is 11.1 Å². The van der Waals surface area contributed by atoms with Gasteiger partial charge < -0.3 is 20.6 Å². The van der Waals surface area contributed by atoms with Crippen LogP contribution < -0.4 is 5.73 Å². The SMILES string of the molecule is CC1(C)CC(Cn2cnc3cc(/C(C=N)=C/N)ccc32)CN1C(=O)Cc1ccccc1. The van der Waals surface area contributed by atoms with Gasteiger partial charge in [-0.25, -0.2) is 4.98 Å².